The number of carbonyl (C=O) groups excluding carboxylic acids is 1. The van der Waals surface area contributed by atoms with Crippen molar-refractivity contribution in [3.05, 3.63) is 45.7 Å². The Hall–Kier alpha value is -2.09. The zero-order valence-corrected chi connectivity index (χ0v) is 14.8. The number of nitrogens with one attached hydrogen (secondary N) is 2. The van der Waals surface area contributed by atoms with E-state index in [1.807, 2.05) is 16.8 Å². The maximum atomic E-state index is 12.4. The number of amidine groups is 1. The van der Waals surface area contributed by atoms with Gasteiger partial charge < -0.3 is 10.6 Å². The van der Waals surface area contributed by atoms with Crippen molar-refractivity contribution >= 4 is 40.6 Å². The van der Waals surface area contributed by atoms with Gasteiger partial charge >= 0.3 is 0 Å². The van der Waals surface area contributed by atoms with Gasteiger partial charge in [0.15, 0.2) is 5.69 Å². The molecule has 130 valence electrons. The standard InChI is InChI=1S/C16H16Cl2N6O/c17-12-2-1-10(7-13(12)18)23-5-3-15(22-23)20-16(25)14-8-11-9-19-4-6-24(11)21-14/h1-2,7-8,19H,3-6,9H2,(H,20,22,25). The lowest BCUT2D eigenvalue weighted by molar-refractivity contribution is 0.0971. The monoisotopic (exact) mass is 378 g/mol. The predicted octanol–water partition coefficient (Wildman–Crippen LogP) is 2.25. The van der Waals surface area contributed by atoms with Gasteiger partial charge in [0.25, 0.3) is 5.91 Å². The van der Waals surface area contributed by atoms with Gasteiger partial charge in [-0.2, -0.15) is 10.2 Å². The number of hydrogen-bond donors (Lipinski definition) is 2. The number of anilines is 1. The Balaban J connectivity index is 1.46. The summed E-state index contributed by atoms with van der Waals surface area (Å²) in [5.41, 5.74) is 2.26. The quantitative estimate of drug-likeness (QED) is 0.840. The minimum atomic E-state index is -0.239. The van der Waals surface area contributed by atoms with Crippen LogP contribution in [-0.4, -0.2) is 34.6 Å². The van der Waals surface area contributed by atoms with E-state index in [1.165, 1.54) is 0 Å². The summed E-state index contributed by atoms with van der Waals surface area (Å²) in [7, 11) is 0. The SMILES string of the molecule is O=C(NC1=NN(c2ccc(Cl)c(Cl)c2)CC1)c1cc2n(n1)CCNC2. The first-order chi connectivity index (χ1) is 12.1. The third kappa shape index (κ3) is 3.35. The number of rotatable bonds is 2. The molecule has 1 amide bonds. The Morgan fingerprint density at radius 2 is 2.08 bits per heavy atom. The van der Waals surface area contributed by atoms with Gasteiger partial charge in [0.05, 0.1) is 28.0 Å². The third-order valence-corrected chi connectivity index (χ3v) is 4.90. The van der Waals surface area contributed by atoms with Crippen LogP contribution in [0.5, 0.6) is 0 Å². The topological polar surface area (TPSA) is 74.5 Å². The molecule has 7 nitrogen and oxygen atoms in total. The molecule has 2 N–H and O–H groups in total. The normalized spacial score (nSPS) is 16.6. The summed E-state index contributed by atoms with van der Waals surface area (Å²) in [4.78, 5) is 12.4. The van der Waals surface area contributed by atoms with Crippen LogP contribution in [0.3, 0.4) is 0 Å². The van der Waals surface area contributed by atoms with E-state index in [1.54, 1.807) is 17.1 Å². The van der Waals surface area contributed by atoms with Gasteiger partial charge in [0, 0.05) is 26.1 Å². The van der Waals surface area contributed by atoms with E-state index in [9.17, 15) is 4.79 Å². The molecule has 3 heterocycles. The van der Waals surface area contributed by atoms with Gasteiger partial charge in [-0.3, -0.25) is 14.5 Å². The van der Waals surface area contributed by atoms with Crippen molar-refractivity contribution in [1.82, 2.24) is 20.4 Å². The van der Waals surface area contributed by atoms with Crippen LogP contribution in [0, 0.1) is 0 Å². The average Bonchev–Trinajstić information content (AvgIpc) is 3.24. The highest BCUT2D eigenvalue weighted by atomic mass is 35.5. The predicted molar refractivity (Wildman–Crippen MR) is 97.3 cm³/mol. The first kappa shape index (κ1) is 16.4. The number of amides is 1. The lowest BCUT2D eigenvalue weighted by atomic mass is 10.3. The Bertz CT molecular complexity index is 839. The number of halogens is 2. The van der Waals surface area contributed by atoms with Crippen LogP contribution in [-0.2, 0) is 13.1 Å². The molecule has 0 bridgehead atoms. The van der Waals surface area contributed by atoms with Crippen LogP contribution in [0.15, 0.2) is 29.4 Å². The Morgan fingerprint density at radius 1 is 1.20 bits per heavy atom. The summed E-state index contributed by atoms with van der Waals surface area (Å²) < 4.78 is 1.86. The van der Waals surface area contributed by atoms with Crippen molar-refractivity contribution in [2.75, 3.05) is 18.1 Å². The highest BCUT2D eigenvalue weighted by Gasteiger charge is 2.21. The van der Waals surface area contributed by atoms with E-state index in [4.69, 9.17) is 23.2 Å². The molecule has 4 rings (SSSR count). The van der Waals surface area contributed by atoms with Crippen molar-refractivity contribution in [1.29, 1.82) is 0 Å². The number of fused-ring (bicyclic) bond motifs is 1. The summed E-state index contributed by atoms with van der Waals surface area (Å²) in [6, 6.07) is 7.15. The second kappa shape index (κ2) is 6.67. The maximum absolute atomic E-state index is 12.4. The van der Waals surface area contributed by atoms with Gasteiger partial charge in [-0.25, -0.2) is 0 Å². The molecule has 0 aliphatic carbocycles. The maximum Gasteiger partial charge on any atom is 0.277 e. The zero-order valence-electron chi connectivity index (χ0n) is 13.3. The molecule has 0 fully saturated rings. The molecule has 0 atom stereocenters. The van der Waals surface area contributed by atoms with Crippen molar-refractivity contribution in [3.63, 3.8) is 0 Å². The van der Waals surface area contributed by atoms with Crippen molar-refractivity contribution in [3.8, 4) is 0 Å². The molecule has 0 unspecified atom stereocenters. The average molecular weight is 379 g/mol. The molecule has 0 spiro atoms. The molecule has 2 aromatic rings. The molecule has 0 saturated heterocycles. The van der Waals surface area contributed by atoms with Gasteiger partial charge in [-0.1, -0.05) is 23.2 Å². The summed E-state index contributed by atoms with van der Waals surface area (Å²) in [5, 5.41) is 17.7. The number of carbonyl (C=O) groups is 1. The van der Waals surface area contributed by atoms with E-state index in [0.29, 0.717) is 34.5 Å². The smallest absolute Gasteiger partial charge is 0.277 e. The lowest BCUT2D eigenvalue weighted by Gasteiger charge is -2.13. The van der Waals surface area contributed by atoms with Gasteiger partial charge in [-0.15, -0.1) is 0 Å². The molecule has 1 aromatic carbocycles. The number of nitrogens with zero attached hydrogens (tertiary/aromatic N) is 4. The van der Waals surface area contributed by atoms with Crippen LogP contribution in [0.25, 0.3) is 0 Å². The van der Waals surface area contributed by atoms with E-state index >= 15 is 0 Å². The van der Waals surface area contributed by atoms with E-state index < -0.39 is 0 Å². The summed E-state index contributed by atoms with van der Waals surface area (Å²) in [5.74, 6) is 0.372. The Kier molecular flexibility index (Phi) is 4.37. The minimum Gasteiger partial charge on any atom is -0.309 e. The first-order valence-electron chi connectivity index (χ1n) is 7.99. The fourth-order valence-corrected chi connectivity index (χ4v) is 3.17. The zero-order chi connectivity index (χ0) is 17.4. The fraction of sp³-hybridized carbons (Fsp3) is 0.312. The highest BCUT2D eigenvalue weighted by molar-refractivity contribution is 6.42. The Labute approximate surface area is 154 Å². The molecular weight excluding hydrogens is 363 g/mol. The largest absolute Gasteiger partial charge is 0.309 e. The molecule has 0 radical (unpaired) electrons. The molecule has 1 aromatic heterocycles. The summed E-state index contributed by atoms with van der Waals surface area (Å²) in [6.45, 7) is 3.03. The molecule has 0 saturated carbocycles. The van der Waals surface area contributed by atoms with Gasteiger partial charge in [0.1, 0.15) is 5.84 Å². The summed E-state index contributed by atoms with van der Waals surface area (Å²) >= 11 is 12.0. The van der Waals surface area contributed by atoms with Crippen molar-refractivity contribution in [2.45, 2.75) is 19.5 Å². The number of aromatic nitrogens is 2. The van der Waals surface area contributed by atoms with E-state index in [0.717, 1.165) is 31.0 Å². The van der Waals surface area contributed by atoms with Crippen molar-refractivity contribution in [2.24, 2.45) is 5.10 Å². The molecule has 2 aliphatic rings. The minimum absolute atomic E-state index is 0.239. The first-order valence-corrected chi connectivity index (χ1v) is 8.74. The third-order valence-electron chi connectivity index (χ3n) is 4.16. The highest BCUT2D eigenvalue weighted by Crippen LogP contribution is 2.28. The van der Waals surface area contributed by atoms with Gasteiger partial charge in [-0.05, 0) is 24.3 Å². The van der Waals surface area contributed by atoms with Gasteiger partial charge in [0.2, 0.25) is 0 Å². The number of hydrogen-bond acceptors (Lipinski definition) is 5. The van der Waals surface area contributed by atoms with Crippen molar-refractivity contribution < 1.29 is 4.79 Å². The van der Waals surface area contributed by atoms with E-state index in [-0.39, 0.29) is 5.91 Å². The van der Waals surface area contributed by atoms with Crippen LogP contribution in [0.4, 0.5) is 5.69 Å². The molecule has 2 aliphatic heterocycles. The van der Waals surface area contributed by atoms with Crippen LogP contribution in [0.1, 0.15) is 22.6 Å². The van der Waals surface area contributed by atoms with Crippen LogP contribution < -0.4 is 15.6 Å². The lowest BCUT2D eigenvalue weighted by Crippen LogP contribution is -2.30. The van der Waals surface area contributed by atoms with E-state index in [2.05, 4.69) is 20.8 Å². The van der Waals surface area contributed by atoms with Crippen LogP contribution in [0.2, 0.25) is 10.0 Å². The Morgan fingerprint density at radius 3 is 2.88 bits per heavy atom. The molecular formula is C16H16Cl2N6O. The summed E-state index contributed by atoms with van der Waals surface area (Å²) in [6.07, 6.45) is 0.640. The second-order valence-corrected chi connectivity index (χ2v) is 6.71. The number of benzene rings is 1. The van der Waals surface area contributed by atoms with Crippen LogP contribution >= 0.6 is 23.2 Å². The fourth-order valence-electron chi connectivity index (χ4n) is 2.88. The molecule has 9 heteroatoms. The number of hydrazone groups is 1. The second-order valence-electron chi connectivity index (χ2n) is 5.89. The molecule has 25 heavy (non-hydrogen) atoms.